The Morgan fingerprint density at radius 3 is 2.75 bits per heavy atom. The van der Waals surface area contributed by atoms with Gasteiger partial charge in [0, 0.05) is 26.2 Å². The van der Waals surface area contributed by atoms with Crippen molar-refractivity contribution in [1.29, 1.82) is 0 Å². The number of aryl methyl sites for hydroxylation is 1. The smallest absolute Gasteiger partial charge is 0.289 e. The van der Waals surface area contributed by atoms with E-state index < -0.39 is 0 Å². The van der Waals surface area contributed by atoms with E-state index >= 15 is 0 Å². The summed E-state index contributed by atoms with van der Waals surface area (Å²) < 4.78 is 1.75. The Balaban J connectivity index is 2.65. The number of amides is 1. The fraction of sp³-hybridized carbons (Fsp3) is 0.273. The monoisotopic (exact) mass is 237 g/mol. The first-order valence-corrected chi connectivity index (χ1v) is 5.22. The summed E-state index contributed by atoms with van der Waals surface area (Å²) in [5.41, 5.74) is 1.63. The molecule has 1 heterocycles. The molecule has 4 nitrogen and oxygen atoms in total. The van der Waals surface area contributed by atoms with Crippen molar-refractivity contribution in [3.05, 3.63) is 29.0 Å². The van der Waals surface area contributed by atoms with Gasteiger partial charge >= 0.3 is 0 Å². The number of halogens is 1. The quantitative estimate of drug-likeness (QED) is 0.760. The highest BCUT2D eigenvalue weighted by molar-refractivity contribution is 6.31. The molecule has 1 amide bonds. The van der Waals surface area contributed by atoms with Crippen molar-refractivity contribution in [2.45, 2.75) is 0 Å². The predicted molar refractivity (Wildman–Crippen MR) is 63.7 cm³/mol. The number of imidazole rings is 1. The lowest BCUT2D eigenvalue weighted by Gasteiger charge is -2.09. The SMILES string of the molecule is CN(C)C(=O)c1nc2ccc(Cl)cc2n1C. The van der Waals surface area contributed by atoms with E-state index in [1.807, 2.05) is 13.1 Å². The zero-order valence-corrected chi connectivity index (χ0v) is 10.1. The lowest BCUT2D eigenvalue weighted by atomic mass is 10.3. The number of rotatable bonds is 1. The molecule has 16 heavy (non-hydrogen) atoms. The highest BCUT2D eigenvalue weighted by Crippen LogP contribution is 2.20. The first-order valence-electron chi connectivity index (χ1n) is 4.84. The minimum Gasteiger partial charge on any atom is -0.342 e. The molecule has 2 aromatic rings. The fourth-order valence-corrected chi connectivity index (χ4v) is 1.72. The molecule has 0 aliphatic rings. The zero-order valence-electron chi connectivity index (χ0n) is 9.36. The van der Waals surface area contributed by atoms with E-state index in [0.717, 1.165) is 11.0 Å². The standard InChI is InChI=1S/C11H12ClN3O/c1-14(2)11(16)10-13-8-5-4-7(12)6-9(8)15(10)3/h4-6H,1-3H3. The minimum atomic E-state index is -0.116. The van der Waals surface area contributed by atoms with Crippen LogP contribution in [0.25, 0.3) is 11.0 Å². The van der Waals surface area contributed by atoms with E-state index in [1.165, 1.54) is 4.90 Å². The Morgan fingerprint density at radius 2 is 2.12 bits per heavy atom. The van der Waals surface area contributed by atoms with Crippen LogP contribution in [0.4, 0.5) is 0 Å². The Hall–Kier alpha value is -1.55. The summed E-state index contributed by atoms with van der Waals surface area (Å²) in [5.74, 6) is 0.303. The van der Waals surface area contributed by atoms with Gasteiger partial charge < -0.3 is 9.47 Å². The fourth-order valence-electron chi connectivity index (χ4n) is 1.55. The third kappa shape index (κ3) is 1.65. The van der Waals surface area contributed by atoms with Crippen LogP contribution in [0.3, 0.4) is 0 Å². The van der Waals surface area contributed by atoms with E-state index in [9.17, 15) is 4.79 Å². The summed E-state index contributed by atoms with van der Waals surface area (Å²) >= 11 is 5.91. The molecule has 2 rings (SSSR count). The number of benzene rings is 1. The van der Waals surface area contributed by atoms with Gasteiger partial charge in [-0.1, -0.05) is 11.6 Å². The predicted octanol–water partition coefficient (Wildman–Crippen LogP) is 1.93. The van der Waals surface area contributed by atoms with E-state index in [2.05, 4.69) is 4.98 Å². The molecule has 84 valence electrons. The number of carbonyl (C=O) groups is 1. The molecule has 0 saturated heterocycles. The lowest BCUT2D eigenvalue weighted by Crippen LogP contribution is -2.24. The number of carbonyl (C=O) groups excluding carboxylic acids is 1. The van der Waals surface area contributed by atoms with Crippen molar-refractivity contribution < 1.29 is 4.79 Å². The first-order chi connectivity index (χ1) is 7.50. The van der Waals surface area contributed by atoms with Gasteiger partial charge in [-0.2, -0.15) is 0 Å². The second kappa shape index (κ2) is 3.79. The molecule has 0 bridgehead atoms. The van der Waals surface area contributed by atoms with Gasteiger partial charge in [0.15, 0.2) is 5.82 Å². The molecule has 0 radical (unpaired) electrons. The van der Waals surface area contributed by atoms with Crippen LogP contribution < -0.4 is 0 Å². The van der Waals surface area contributed by atoms with E-state index in [1.54, 1.807) is 30.8 Å². The van der Waals surface area contributed by atoms with Gasteiger partial charge in [0.1, 0.15) is 0 Å². The normalized spacial score (nSPS) is 10.8. The first kappa shape index (κ1) is 11.0. The van der Waals surface area contributed by atoms with Crippen LogP contribution in [0, 0.1) is 0 Å². The lowest BCUT2D eigenvalue weighted by molar-refractivity contribution is 0.0813. The van der Waals surface area contributed by atoms with Crippen LogP contribution in [-0.4, -0.2) is 34.5 Å². The number of fused-ring (bicyclic) bond motifs is 1. The summed E-state index contributed by atoms with van der Waals surface area (Å²) in [7, 11) is 5.21. The Morgan fingerprint density at radius 1 is 1.44 bits per heavy atom. The maximum Gasteiger partial charge on any atom is 0.289 e. The van der Waals surface area contributed by atoms with Crippen molar-refractivity contribution in [3.8, 4) is 0 Å². The minimum absolute atomic E-state index is 0.116. The summed E-state index contributed by atoms with van der Waals surface area (Å²) in [6.07, 6.45) is 0. The average Bonchev–Trinajstić information content (AvgIpc) is 2.55. The van der Waals surface area contributed by atoms with E-state index in [4.69, 9.17) is 11.6 Å². The molecular formula is C11H12ClN3O. The molecule has 0 saturated carbocycles. The van der Waals surface area contributed by atoms with Gasteiger partial charge in [-0.25, -0.2) is 4.98 Å². The van der Waals surface area contributed by atoms with Crippen LogP contribution in [-0.2, 0) is 7.05 Å². The van der Waals surface area contributed by atoms with Crippen LogP contribution in [0.15, 0.2) is 18.2 Å². The van der Waals surface area contributed by atoms with Gasteiger partial charge in [-0.15, -0.1) is 0 Å². The van der Waals surface area contributed by atoms with Crippen molar-refractivity contribution in [2.75, 3.05) is 14.1 Å². The summed E-state index contributed by atoms with van der Waals surface area (Å²) in [6.45, 7) is 0. The number of hydrogen-bond acceptors (Lipinski definition) is 2. The topological polar surface area (TPSA) is 38.1 Å². The Bertz CT molecular complexity index is 560. The Kier molecular flexibility index (Phi) is 2.59. The van der Waals surface area contributed by atoms with Crippen molar-refractivity contribution >= 4 is 28.5 Å². The van der Waals surface area contributed by atoms with Crippen LogP contribution >= 0.6 is 11.6 Å². The highest BCUT2D eigenvalue weighted by Gasteiger charge is 2.16. The number of nitrogens with zero attached hydrogens (tertiary/aromatic N) is 3. The molecular weight excluding hydrogens is 226 g/mol. The molecule has 0 aliphatic heterocycles. The highest BCUT2D eigenvalue weighted by atomic mass is 35.5. The van der Waals surface area contributed by atoms with Crippen LogP contribution in [0.5, 0.6) is 0 Å². The summed E-state index contributed by atoms with van der Waals surface area (Å²) in [4.78, 5) is 17.6. The number of hydrogen-bond donors (Lipinski definition) is 0. The van der Waals surface area contributed by atoms with Gasteiger partial charge in [0.25, 0.3) is 5.91 Å². The van der Waals surface area contributed by atoms with Gasteiger partial charge in [0.2, 0.25) is 0 Å². The summed E-state index contributed by atoms with van der Waals surface area (Å²) in [6, 6.07) is 5.38. The third-order valence-electron chi connectivity index (χ3n) is 2.44. The molecule has 1 aromatic carbocycles. The van der Waals surface area contributed by atoms with Gasteiger partial charge in [-0.05, 0) is 18.2 Å². The molecule has 0 atom stereocenters. The molecule has 1 aromatic heterocycles. The van der Waals surface area contributed by atoms with Gasteiger partial charge in [0.05, 0.1) is 11.0 Å². The maximum atomic E-state index is 11.8. The molecule has 0 aliphatic carbocycles. The number of aromatic nitrogens is 2. The maximum absolute atomic E-state index is 11.8. The summed E-state index contributed by atoms with van der Waals surface area (Å²) in [5, 5.41) is 0.638. The van der Waals surface area contributed by atoms with Crippen molar-refractivity contribution in [3.63, 3.8) is 0 Å². The van der Waals surface area contributed by atoms with E-state index in [-0.39, 0.29) is 5.91 Å². The molecule has 5 heteroatoms. The third-order valence-corrected chi connectivity index (χ3v) is 2.68. The average molecular weight is 238 g/mol. The Labute approximate surface area is 98.4 Å². The van der Waals surface area contributed by atoms with Crippen LogP contribution in [0.2, 0.25) is 5.02 Å². The largest absolute Gasteiger partial charge is 0.342 e. The molecule has 0 fully saturated rings. The van der Waals surface area contributed by atoms with Crippen molar-refractivity contribution in [2.24, 2.45) is 7.05 Å². The van der Waals surface area contributed by atoms with E-state index in [0.29, 0.717) is 10.8 Å². The van der Waals surface area contributed by atoms with Crippen molar-refractivity contribution in [1.82, 2.24) is 14.5 Å². The second-order valence-corrected chi connectivity index (χ2v) is 4.26. The van der Waals surface area contributed by atoms with Crippen LogP contribution in [0.1, 0.15) is 10.6 Å². The molecule has 0 unspecified atom stereocenters. The van der Waals surface area contributed by atoms with Gasteiger partial charge in [-0.3, -0.25) is 4.79 Å². The second-order valence-electron chi connectivity index (χ2n) is 3.83. The molecule has 0 N–H and O–H groups in total. The zero-order chi connectivity index (χ0) is 11.9. The molecule has 0 spiro atoms.